The van der Waals surface area contributed by atoms with Gasteiger partial charge in [0.2, 0.25) is 0 Å². The SMILES string of the molecule is C[C@@]1([N+](=O)[O-])CCCC[C@@]1(C)[N+](=O)[O-]. The molecule has 14 heavy (non-hydrogen) atoms. The standard InChI is InChI=1S/C8H14N2O4/c1-7(9(11)12)5-3-4-6-8(7,2)10(13)14/h3-6H2,1-2H3/t7-,8-/m1/s1. The molecule has 0 aromatic carbocycles. The fraction of sp³-hybridized carbons (Fsp3) is 1.00. The van der Waals surface area contributed by atoms with E-state index >= 15 is 0 Å². The van der Waals surface area contributed by atoms with Crippen molar-refractivity contribution < 1.29 is 9.85 Å². The number of nitrogens with zero attached hydrogens (tertiary/aromatic N) is 2. The summed E-state index contributed by atoms with van der Waals surface area (Å²) in [6, 6.07) is 0. The highest BCUT2D eigenvalue weighted by Crippen LogP contribution is 2.41. The lowest BCUT2D eigenvalue weighted by atomic mass is 9.69. The average Bonchev–Trinajstić information content (AvgIpc) is 2.09. The van der Waals surface area contributed by atoms with Crippen LogP contribution in [0.2, 0.25) is 0 Å². The van der Waals surface area contributed by atoms with Crippen LogP contribution in [0.4, 0.5) is 0 Å². The predicted octanol–water partition coefficient (Wildman–Crippen LogP) is 1.63. The first-order valence-corrected chi connectivity index (χ1v) is 4.63. The van der Waals surface area contributed by atoms with Gasteiger partial charge in [0.25, 0.3) is 11.1 Å². The van der Waals surface area contributed by atoms with Gasteiger partial charge in [-0.25, -0.2) is 0 Å². The molecule has 0 spiro atoms. The molecule has 0 aromatic heterocycles. The summed E-state index contributed by atoms with van der Waals surface area (Å²) in [4.78, 5) is 20.8. The molecule has 0 N–H and O–H groups in total. The Morgan fingerprint density at radius 1 is 0.929 bits per heavy atom. The largest absolute Gasteiger partial charge is 0.287 e. The van der Waals surface area contributed by atoms with Gasteiger partial charge in [0.1, 0.15) is 0 Å². The van der Waals surface area contributed by atoms with Gasteiger partial charge in [0.15, 0.2) is 0 Å². The molecule has 0 aliphatic heterocycles. The highest BCUT2D eigenvalue weighted by molar-refractivity contribution is 4.97. The van der Waals surface area contributed by atoms with E-state index in [1.807, 2.05) is 0 Å². The van der Waals surface area contributed by atoms with Crippen molar-refractivity contribution in [2.24, 2.45) is 0 Å². The Balaban J connectivity index is 3.12. The predicted molar refractivity (Wildman–Crippen MR) is 49.3 cm³/mol. The molecule has 2 atom stereocenters. The zero-order chi connectivity index (χ0) is 11.0. The molecule has 0 unspecified atom stereocenters. The van der Waals surface area contributed by atoms with Crippen molar-refractivity contribution >= 4 is 0 Å². The van der Waals surface area contributed by atoms with Crippen molar-refractivity contribution in [1.29, 1.82) is 0 Å². The molecular weight excluding hydrogens is 188 g/mol. The molecule has 0 saturated heterocycles. The topological polar surface area (TPSA) is 86.3 Å². The van der Waals surface area contributed by atoms with Crippen LogP contribution in [0.1, 0.15) is 39.5 Å². The molecule has 0 radical (unpaired) electrons. The van der Waals surface area contributed by atoms with Crippen LogP contribution in [0.15, 0.2) is 0 Å². The first-order valence-electron chi connectivity index (χ1n) is 4.63. The molecule has 0 amide bonds. The summed E-state index contributed by atoms with van der Waals surface area (Å²) in [6.45, 7) is 2.77. The summed E-state index contributed by atoms with van der Waals surface area (Å²) in [5.74, 6) is 0. The normalized spacial score (nSPS) is 37.9. The molecule has 1 rings (SSSR count). The average molecular weight is 202 g/mol. The number of hydrogen-bond donors (Lipinski definition) is 0. The summed E-state index contributed by atoms with van der Waals surface area (Å²) in [5.41, 5.74) is -2.84. The lowest BCUT2D eigenvalue weighted by Crippen LogP contribution is -2.61. The van der Waals surface area contributed by atoms with Crippen molar-refractivity contribution in [1.82, 2.24) is 0 Å². The smallest absolute Gasteiger partial charge is 0.264 e. The van der Waals surface area contributed by atoms with Gasteiger partial charge in [0, 0.05) is 36.5 Å². The van der Waals surface area contributed by atoms with Crippen molar-refractivity contribution in [2.45, 2.75) is 50.6 Å². The lowest BCUT2D eigenvalue weighted by Gasteiger charge is -2.35. The van der Waals surface area contributed by atoms with Gasteiger partial charge < -0.3 is 0 Å². The Labute approximate surface area is 81.6 Å². The summed E-state index contributed by atoms with van der Waals surface area (Å²) in [6.07, 6.45) is 1.97. The van der Waals surface area contributed by atoms with Gasteiger partial charge in [0.05, 0.1) is 0 Å². The van der Waals surface area contributed by atoms with Crippen LogP contribution < -0.4 is 0 Å². The van der Waals surface area contributed by atoms with Crippen molar-refractivity contribution in [3.63, 3.8) is 0 Å². The quantitative estimate of drug-likeness (QED) is 0.503. The van der Waals surface area contributed by atoms with Gasteiger partial charge in [-0.3, -0.25) is 20.2 Å². The summed E-state index contributed by atoms with van der Waals surface area (Å²) >= 11 is 0. The van der Waals surface area contributed by atoms with Crippen LogP contribution in [-0.2, 0) is 0 Å². The third-order valence-electron chi connectivity index (χ3n) is 3.54. The van der Waals surface area contributed by atoms with E-state index in [1.165, 1.54) is 13.8 Å². The zero-order valence-corrected chi connectivity index (χ0v) is 8.36. The number of rotatable bonds is 2. The molecule has 80 valence electrons. The highest BCUT2D eigenvalue weighted by atomic mass is 16.6. The van der Waals surface area contributed by atoms with Crippen LogP contribution in [0.3, 0.4) is 0 Å². The Morgan fingerprint density at radius 2 is 1.21 bits per heavy atom. The van der Waals surface area contributed by atoms with Crippen molar-refractivity contribution in [3.8, 4) is 0 Å². The molecule has 1 aliphatic rings. The van der Waals surface area contributed by atoms with E-state index in [-0.39, 0.29) is 12.8 Å². The van der Waals surface area contributed by atoms with Crippen molar-refractivity contribution in [2.75, 3.05) is 0 Å². The monoisotopic (exact) mass is 202 g/mol. The van der Waals surface area contributed by atoms with Crippen LogP contribution in [0, 0.1) is 20.2 Å². The van der Waals surface area contributed by atoms with Gasteiger partial charge in [-0.15, -0.1) is 0 Å². The minimum Gasteiger partial charge on any atom is -0.264 e. The molecule has 0 aromatic rings. The first kappa shape index (κ1) is 10.9. The highest BCUT2D eigenvalue weighted by Gasteiger charge is 2.65. The maximum absolute atomic E-state index is 10.9. The molecule has 1 fully saturated rings. The summed E-state index contributed by atoms with van der Waals surface area (Å²) in [5, 5.41) is 21.8. The second-order valence-electron chi connectivity index (χ2n) is 4.27. The third-order valence-corrected chi connectivity index (χ3v) is 3.54. The Kier molecular flexibility index (Phi) is 2.47. The number of hydrogen-bond acceptors (Lipinski definition) is 4. The van der Waals surface area contributed by atoms with Gasteiger partial charge in [-0.05, 0) is 12.8 Å². The fourth-order valence-corrected chi connectivity index (χ4v) is 2.05. The molecule has 6 heteroatoms. The third kappa shape index (κ3) is 1.25. The van der Waals surface area contributed by atoms with E-state index in [2.05, 4.69) is 0 Å². The Bertz CT molecular complexity index is 253. The summed E-state index contributed by atoms with van der Waals surface area (Å²) in [7, 11) is 0. The summed E-state index contributed by atoms with van der Waals surface area (Å²) < 4.78 is 0. The van der Waals surface area contributed by atoms with Gasteiger partial charge in [-0.1, -0.05) is 0 Å². The van der Waals surface area contributed by atoms with Crippen molar-refractivity contribution in [3.05, 3.63) is 20.2 Å². The molecule has 0 heterocycles. The van der Waals surface area contributed by atoms with Crippen LogP contribution >= 0.6 is 0 Å². The first-order chi connectivity index (χ1) is 6.34. The molecule has 1 aliphatic carbocycles. The van der Waals surface area contributed by atoms with Crippen LogP contribution in [-0.4, -0.2) is 20.9 Å². The molecule has 6 nitrogen and oxygen atoms in total. The van der Waals surface area contributed by atoms with E-state index in [1.54, 1.807) is 0 Å². The van der Waals surface area contributed by atoms with Crippen LogP contribution in [0.25, 0.3) is 0 Å². The second-order valence-corrected chi connectivity index (χ2v) is 4.27. The lowest BCUT2D eigenvalue weighted by molar-refractivity contribution is -0.685. The maximum atomic E-state index is 10.9. The van der Waals surface area contributed by atoms with E-state index < -0.39 is 20.9 Å². The number of nitro groups is 2. The second kappa shape index (κ2) is 3.18. The minimum atomic E-state index is -1.42. The van der Waals surface area contributed by atoms with Crippen LogP contribution in [0.5, 0.6) is 0 Å². The van der Waals surface area contributed by atoms with Gasteiger partial charge in [-0.2, -0.15) is 0 Å². The molecular formula is C8H14N2O4. The van der Waals surface area contributed by atoms with Gasteiger partial charge >= 0.3 is 0 Å². The van der Waals surface area contributed by atoms with E-state index in [4.69, 9.17) is 0 Å². The van der Waals surface area contributed by atoms with E-state index in [9.17, 15) is 20.2 Å². The Hall–Kier alpha value is -1.20. The van der Waals surface area contributed by atoms with E-state index in [0.717, 1.165) is 0 Å². The van der Waals surface area contributed by atoms with E-state index in [0.29, 0.717) is 12.8 Å². The Morgan fingerprint density at radius 3 is 1.43 bits per heavy atom. The minimum absolute atomic E-state index is 0.289. The zero-order valence-electron chi connectivity index (χ0n) is 8.36. The molecule has 0 bridgehead atoms. The maximum Gasteiger partial charge on any atom is 0.287 e. The molecule has 1 saturated carbocycles. The fourth-order valence-electron chi connectivity index (χ4n) is 2.05.